The lowest BCUT2D eigenvalue weighted by atomic mass is 9.84. The number of nitrogens with zero attached hydrogens (tertiary/aromatic N) is 3. The summed E-state index contributed by atoms with van der Waals surface area (Å²) in [5, 5.41) is 0. The van der Waals surface area contributed by atoms with E-state index in [2.05, 4.69) is 169 Å². The molecule has 0 radical (unpaired) electrons. The monoisotopic (exact) mass is 694 g/mol. The van der Waals surface area contributed by atoms with Crippen LogP contribution in [0.5, 0.6) is 0 Å². The lowest BCUT2D eigenvalue weighted by Gasteiger charge is -2.36. The second-order valence-corrected chi connectivity index (χ2v) is 14.6. The van der Waals surface area contributed by atoms with Crippen LogP contribution in [0.1, 0.15) is 96.8 Å². The minimum absolute atomic E-state index is 0.545. The van der Waals surface area contributed by atoms with Crippen molar-refractivity contribution < 1.29 is 0 Å². The molecule has 52 heavy (non-hydrogen) atoms. The molecule has 0 fully saturated rings. The highest BCUT2D eigenvalue weighted by atomic mass is 15.2. The molecule has 2 aliphatic rings. The maximum Gasteiger partial charge on any atom is 0.125 e. The summed E-state index contributed by atoms with van der Waals surface area (Å²) in [6.45, 7) is 30.5. The number of allylic oxidation sites excluding steroid dienone is 10. The standard InChI is InChI=1S/C49H63N3/c1-11-38(7)46-28-20-31-51-32-21-29-47(49(46)51)43(13-3)35-50-41(10)52(48-30-17-16-27-45(48)36(4)5)33-19-24-39(8)42(12-2)26-18-22-37(6)34-44-25-15-14-23-40(44)9/h12-17,19,21,23-25,27,29-30,32,35,37-38H,4,8,10-11,18,20,22,26,28,31,33-34H2,1-3,5-7,9H3/b24-19-,42-12+,43-13+,50-35?. The summed E-state index contributed by atoms with van der Waals surface area (Å²) in [6, 6.07) is 17.2. The summed E-state index contributed by atoms with van der Waals surface area (Å²) < 4.78 is 0. The van der Waals surface area contributed by atoms with Gasteiger partial charge in [-0.2, -0.15) is 0 Å². The smallest absolute Gasteiger partial charge is 0.125 e. The molecule has 4 rings (SSSR count). The van der Waals surface area contributed by atoms with Gasteiger partial charge in [-0.3, -0.25) is 0 Å². The fraction of sp³-hybridized carbons (Fsp3) is 0.367. The SMILES string of the molecule is C=C(/C=C\CN(C(=C)N=C/C(=C\C)C1=CC=CN2CCCC(C(C)CC)=C12)c1ccccc1C(=C)C)/C(=C/C)CCCC(C)Cc1ccccc1C. The highest BCUT2D eigenvalue weighted by molar-refractivity contribution is 5.88. The minimum atomic E-state index is 0.545. The van der Waals surface area contributed by atoms with Gasteiger partial charge in [0.05, 0.1) is 5.69 Å². The molecule has 0 saturated carbocycles. The predicted molar refractivity (Wildman–Crippen MR) is 229 cm³/mol. The average Bonchev–Trinajstić information content (AvgIpc) is 3.15. The Morgan fingerprint density at radius 3 is 2.48 bits per heavy atom. The Labute approximate surface area is 316 Å². The van der Waals surface area contributed by atoms with Gasteiger partial charge < -0.3 is 9.80 Å². The van der Waals surface area contributed by atoms with Gasteiger partial charge in [0.1, 0.15) is 5.82 Å². The van der Waals surface area contributed by atoms with Gasteiger partial charge in [-0.15, -0.1) is 0 Å². The topological polar surface area (TPSA) is 18.8 Å². The summed E-state index contributed by atoms with van der Waals surface area (Å²) in [4.78, 5) is 9.67. The molecule has 0 saturated heterocycles. The van der Waals surface area contributed by atoms with Crippen LogP contribution in [0.15, 0.2) is 155 Å². The van der Waals surface area contributed by atoms with Gasteiger partial charge in [-0.25, -0.2) is 4.99 Å². The van der Waals surface area contributed by atoms with Crippen LogP contribution in [0, 0.1) is 18.8 Å². The fourth-order valence-electron chi connectivity index (χ4n) is 7.39. The number of hydrogen-bond donors (Lipinski definition) is 0. The highest BCUT2D eigenvalue weighted by Crippen LogP contribution is 2.38. The van der Waals surface area contributed by atoms with Crippen molar-refractivity contribution in [2.75, 3.05) is 18.0 Å². The van der Waals surface area contributed by atoms with Gasteiger partial charge in [-0.05, 0) is 129 Å². The second-order valence-electron chi connectivity index (χ2n) is 14.6. The first-order valence-corrected chi connectivity index (χ1v) is 19.5. The number of rotatable bonds is 18. The molecule has 0 spiro atoms. The van der Waals surface area contributed by atoms with Gasteiger partial charge in [0, 0.05) is 42.3 Å². The summed E-state index contributed by atoms with van der Waals surface area (Å²) in [6.07, 6.45) is 25.4. The van der Waals surface area contributed by atoms with Gasteiger partial charge in [0.2, 0.25) is 0 Å². The van der Waals surface area contributed by atoms with Gasteiger partial charge in [0.15, 0.2) is 0 Å². The van der Waals surface area contributed by atoms with E-state index in [1.54, 1.807) is 5.57 Å². The molecule has 0 bridgehead atoms. The number of benzene rings is 2. The van der Waals surface area contributed by atoms with E-state index in [0.717, 1.165) is 66.6 Å². The third kappa shape index (κ3) is 10.5. The van der Waals surface area contributed by atoms with Crippen LogP contribution in [0.3, 0.4) is 0 Å². The highest BCUT2D eigenvalue weighted by Gasteiger charge is 2.27. The molecule has 0 aromatic heterocycles. The molecule has 0 amide bonds. The van der Waals surface area contributed by atoms with Crippen molar-refractivity contribution in [3.8, 4) is 0 Å². The Balaban J connectivity index is 1.50. The number of anilines is 1. The van der Waals surface area contributed by atoms with E-state index in [-0.39, 0.29) is 0 Å². The third-order valence-corrected chi connectivity index (χ3v) is 10.7. The lowest BCUT2D eigenvalue weighted by Crippen LogP contribution is -2.29. The molecule has 2 aromatic carbocycles. The van der Waals surface area contributed by atoms with E-state index in [4.69, 9.17) is 4.99 Å². The molecule has 274 valence electrons. The van der Waals surface area contributed by atoms with Gasteiger partial charge >= 0.3 is 0 Å². The fourth-order valence-corrected chi connectivity index (χ4v) is 7.39. The van der Waals surface area contributed by atoms with Crippen LogP contribution in [-0.4, -0.2) is 24.2 Å². The van der Waals surface area contributed by atoms with Crippen molar-refractivity contribution in [3.63, 3.8) is 0 Å². The van der Waals surface area contributed by atoms with E-state index in [1.807, 2.05) is 6.21 Å². The number of hydrogen-bond acceptors (Lipinski definition) is 3. The molecule has 2 aliphatic heterocycles. The van der Waals surface area contributed by atoms with Crippen molar-refractivity contribution in [3.05, 3.63) is 167 Å². The van der Waals surface area contributed by atoms with Crippen molar-refractivity contribution in [1.29, 1.82) is 0 Å². The van der Waals surface area contributed by atoms with E-state index in [1.165, 1.54) is 40.8 Å². The van der Waals surface area contributed by atoms with Crippen molar-refractivity contribution >= 4 is 17.5 Å². The molecule has 2 atom stereocenters. The average molecular weight is 694 g/mol. The number of aryl methyl sites for hydroxylation is 1. The summed E-state index contributed by atoms with van der Waals surface area (Å²) in [5.41, 5.74) is 13.6. The first kappa shape index (κ1) is 40.1. The first-order chi connectivity index (χ1) is 25.1. The number of aliphatic imine (C=N–C) groups is 1. The van der Waals surface area contributed by atoms with Crippen LogP contribution in [-0.2, 0) is 6.42 Å². The molecule has 3 nitrogen and oxygen atoms in total. The minimum Gasteiger partial charge on any atom is -0.348 e. The van der Waals surface area contributed by atoms with E-state index in [0.29, 0.717) is 24.2 Å². The molecule has 0 aliphatic carbocycles. The summed E-state index contributed by atoms with van der Waals surface area (Å²) in [5.74, 6) is 1.87. The maximum absolute atomic E-state index is 5.05. The Morgan fingerprint density at radius 2 is 1.77 bits per heavy atom. The van der Waals surface area contributed by atoms with Crippen LogP contribution >= 0.6 is 0 Å². The van der Waals surface area contributed by atoms with Crippen molar-refractivity contribution in [2.45, 2.75) is 93.4 Å². The maximum atomic E-state index is 5.05. The van der Waals surface area contributed by atoms with Crippen molar-refractivity contribution in [2.24, 2.45) is 16.8 Å². The Hall–Kier alpha value is -4.63. The normalized spacial score (nSPS) is 16.3. The zero-order chi connectivity index (χ0) is 37.6. The largest absolute Gasteiger partial charge is 0.348 e. The molecule has 2 heterocycles. The molecule has 0 N–H and O–H groups in total. The van der Waals surface area contributed by atoms with Gasteiger partial charge in [0.25, 0.3) is 0 Å². The zero-order valence-corrected chi connectivity index (χ0v) is 33.2. The summed E-state index contributed by atoms with van der Waals surface area (Å²) >= 11 is 0. The molecular formula is C49H63N3. The Kier molecular flexibility index (Phi) is 15.3. The Bertz CT molecular complexity index is 1800. The lowest BCUT2D eigenvalue weighted by molar-refractivity contribution is 0.400. The van der Waals surface area contributed by atoms with Crippen LogP contribution < -0.4 is 4.90 Å². The number of para-hydroxylation sites is 1. The van der Waals surface area contributed by atoms with Gasteiger partial charge in [-0.1, -0.05) is 120 Å². The van der Waals surface area contributed by atoms with Crippen molar-refractivity contribution in [1.82, 2.24) is 4.90 Å². The van der Waals surface area contributed by atoms with E-state index in [9.17, 15) is 0 Å². The quantitative estimate of drug-likeness (QED) is 0.114. The molecule has 2 aromatic rings. The predicted octanol–water partition coefficient (Wildman–Crippen LogP) is 13.3. The van der Waals surface area contributed by atoms with Crippen LogP contribution in [0.4, 0.5) is 5.69 Å². The zero-order valence-electron chi connectivity index (χ0n) is 33.2. The third-order valence-electron chi connectivity index (χ3n) is 10.7. The first-order valence-electron chi connectivity index (χ1n) is 19.5. The summed E-state index contributed by atoms with van der Waals surface area (Å²) in [7, 11) is 0. The molecule has 3 heteroatoms. The second kappa shape index (κ2) is 19.8. The van der Waals surface area contributed by atoms with Crippen LogP contribution in [0.2, 0.25) is 0 Å². The molecular weight excluding hydrogens is 631 g/mol. The number of fused-ring (bicyclic) bond motifs is 1. The van der Waals surface area contributed by atoms with E-state index < -0.39 is 0 Å². The van der Waals surface area contributed by atoms with E-state index >= 15 is 0 Å². The van der Waals surface area contributed by atoms with Crippen LogP contribution in [0.25, 0.3) is 5.57 Å². The Morgan fingerprint density at radius 1 is 1.02 bits per heavy atom. The molecule has 2 unspecified atom stereocenters.